The topological polar surface area (TPSA) is 68.2 Å². The third-order valence-electron chi connectivity index (χ3n) is 5.34. The van der Waals surface area contributed by atoms with E-state index in [1.165, 1.54) is 24.1 Å². The van der Waals surface area contributed by atoms with E-state index >= 15 is 0 Å². The molecule has 0 radical (unpaired) electrons. The number of urea groups is 1. The predicted octanol–water partition coefficient (Wildman–Crippen LogP) is 4.17. The van der Waals surface area contributed by atoms with Gasteiger partial charge in [0.25, 0.3) is 0 Å². The van der Waals surface area contributed by atoms with Crippen LogP contribution in [0.3, 0.4) is 0 Å². The molecule has 31 heavy (non-hydrogen) atoms. The largest absolute Gasteiger partial charge is 0.392 e. The molecular weight excluding hydrogens is 416 g/mol. The monoisotopic (exact) mass is 434 g/mol. The fourth-order valence-corrected chi connectivity index (χ4v) is 3.69. The van der Waals surface area contributed by atoms with Crippen LogP contribution in [0.15, 0.2) is 41.2 Å². The van der Waals surface area contributed by atoms with Crippen molar-refractivity contribution in [1.29, 1.82) is 0 Å². The summed E-state index contributed by atoms with van der Waals surface area (Å²) in [6.07, 6.45) is 1.98. The van der Waals surface area contributed by atoms with Crippen molar-refractivity contribution >= 4 is 17.7 Å². The number of aliphatic hydroxyl groups excluding tert-OH is 1. The number of aliphatic imine (C=N–C) groups is 1. The molecule has 6 nitrogen and oxygen atoms in total. The summed E-state index contributed by atoms with van der Waals surface area (Å²) < 4.78 is 55.1. The molecule has 0 saturated heterocycles. The predicted molar refractivity (Wildman–Crippen MR) is 105 cm³/mol. The first kappa shape index (κ1) is 20.9. The molecule has 1 atom stereocenters. The minimum atomic E-state index is -1.56. The zero-order valence-corrected chi connectivity index (χ0v) is 16.6. The molecule has 10 heteroatoms. The van der Waals surface area contributed by atoms with Gasteiger partial charge in [0.05, 0.1) is 12.6 Å². The number of aliphatic hydroxyl groups is 1. The zero-order valence-electron chi connectivity index (χ0n) is 16.6. The molecule has 2 aromatic rings. The number of carbonyl (C=O) groups is 1. The number of benzene rings is 2. The second-order valence-corrected chi connectivity index (χ2v) is 7.30. The molecule has 4 rings (SSSR count). The summed E-state index contributed by atoms with van der Waals surface area (Å²) in [7, 11) is 1.50. The lowest BCUT2D eigenvalue weighted by molar-refractivity contribution is 0.210. The number of rotatable bonds is 3. The number of hydrogen-bond donors (Lipinski definition) is 2. The molecule has 2 aliphatic rings. The fraction of sp³-hybridized carbons (Fsp3) is 0.238. The van der Waals surface area contributed by atoms with Crippen molar-refractivity contribution < 1.29 is 27.5 Å². The maximum atomic E-state index is 13.9. The summed E-state index contributed by atoms with van der Waals surface area (Å²) in [4.78, 5) is 19.2. The maximum Gasteiger partial charge on any atom is 0.352 e. The van der Waals surface area contributed by atoms with Crippen LogP contribution in [-0.4, -0.2) is 33.9 Å². The van der Waals surface area contributed by atoms with Crippen LogP contribution in [0.1, 0.15) is 29.2 Å². The number of nitrogens with one attached hydrogen (secondary N) is 1. The highest BCUT2D eigenvalue weighted by Gasteiger charge is 2.39. The van der Waals surface area contributed by atoms with Gasteiger partial charge in [0.15, 0.2) is 17.5 Å². The van der Waals surface area contributed by atoms with Crippen LogP contribution in [-0.2, 0) is 6.61 Å². The molecule has 0 aliphatic carbocycles. The van der Waals surface area contributed by atoms with Crippen molar-refractivity contribution in [3.63, 3.8) is 0 Å². The van der Waals surface area contributed by atoms with Gasteiger partial charge in [-0.15, -0.1) is 0 Å². The number of anilines is 1. The molecule has 2 heterocycles. The van der Waals surface area contributed by atoms with Crippen LogP contribution in [0.5, 0.6) is 0 Å². The van der Waals surface area contributed by atoms with E-state index in [0.29, 0.717) is 17.1 Å². The lowest BCUT2D eigenvalue weighted by Crippen LogP contribution is -2.46. The number of nitrogens with zero attached hydrogens (tertiary/aromatic N) is 3. The molecule has 2 aromatic carbocycles. The number of guanidine groups is 1. The number of aryl methyl sites for hydroxylation is 1. The molecule has 0 spiro atoms. The molecule has 0 saturated carbocycles. The van der Waals surface area contributed by atoms with E-state index in [2.05, 4.69) is 10.3 Å². The van der Waals surface area contributed by atoms with Crippen LogP contribution in [0.4, 0.5) is 28.0 Å². The first-order valence-electron chi connectivity index (χ1n) is 9.38. The van der Waals surface area contributed by atoms with Gasteiger partial charge in [0, 0.05) is 18.3 Å². The van der Waals surface area contributed by atoms with Crippen molar-refractivity contribution in [2.45, 2.75) is 26.0 Å². The van der Waals surface area contributed by atoms with Gasteiger partial charge in [-0.1, -0.05) is 0 Å². The van der Waals surface area contributed by atoms with E-state index in [0.717, 1.165) is 12.1 Å². The SMILES string of the molecule is Cc1cc(F)c(CO)cc1NC1=NC(=O)N(C)C2=CCC(c3cc(F)c(F)c(F)c3)N21. The second kappa shape index (κ2) is 7.69. The van der Waals surface area contributed by atoms with Crippen molar-refractivity contribution in [3.05, 3.63) is 76.1 Å². The van der Waals surface area contributed by atoms with E-state index in [9.17, 15) is 27.5 Å². The van der Waals surface area contributed by atoms with E-state index in [1.54, 1.807) is 17.9 Å². The highest BCUT2D eigenvalue weighted by Crippen LogP contribution is 2.39. The quantitative estimate of drug-likeness (QED) is 0.562. The Balaban J connectivity index is 1.76. The van der Waals surface area contributed by atoms with Crippen LogP contribution < -0.4 is 5.32 Å². The van der Waals surface area contributed by atoms with Gasteiger partial charge in [-0.3, -0.25) is 9.80 Å². The van der Waals surface area contributed by atoms with Gasteiger partial charge in [-0.25, -0.2) is 22.4 Å². The Morgan fingerprint density at radius 2 is 1.81 bits per heavy atom. The average molecular weight is 434 g/mol. The minimum Gasteiger partial charge on any atom is -0.392 e. The van der Waals surface area contributed by atoms with Gasteiger partial charge in [0.2, 0.25) is 5.96 Å². The summed E-state index contributed by atoms with van der Waals surface area (Å²) >= 11 is 0. The minimum absolute atomic E-state index is 0.0457. The standard InChI is InChI=1S/C21H18F4N4O2/c1-10-5-13(22)12(9-30)8-16(10)26-20-27-21(31)28(2)18-4-3-17(29(18)20)11-6-14(23)19(25)15(24)7-11/h4-8,17,30H,3,9H2,1-2H3,(H,26,27,31). The van der Waals surface area contributed by atoms with Gasteiger partial charge < -0.3 is 10.4 Å². The van der Waals surface area contributed by atoms with Crippen molar-refractivity contribution in [1.82, 2.24) is 9.80 Å². The third kappa shape index (κ3) is 3.52. The summed E-state index contributed by atoms with van der Waals surface area (Å²) in [5.74, 6) is -4.30. The Kier molecular flexibility index (Phi) is 5.18. The highest BCUT2D eigenvalue weighted by molar-refractivity contribution is 6.04. The number of carbonyl (C=O) groups excluding carboxylic acids is 1. The van der Waals surface area contributed by atoms with E-state index < -0.39 is 41.9 Å². The summed E-state index contributed by atoms with van der Waals surface area (Å²) in [5, 5.41) is 12.3. The Hall–Kier alpha value is -3.40. The second-order valence-electron chi connectivity index (χ2n) is 7.30. The molecule has 0 fully saturated rings. The number of fused-ring (bicyclic) bond motifs is 1. The normalized spacial score (nSPS) is 18.2. The molecule has 162 valence electrons. The van der Waals surface area contributed by atoms with Crippen molar-refractivity contribution in [2.75, 3.05) is 12.4 Å². The van der Waals surface area contributed by atoms with Crippen LogP contribution >= 0.6 is 0 Å². The Bertz CT molecular complexity index is 1130. The van der Waals surface area contributed by atoms with Gasteiger partial charge >= 0.3 is 6.03 Å². The molecular formula is C21H18F4N4O2. The number of halogens is 4. The van der Waals surface area contributed by atoms with E-state index in [1.807, 2.05) is 0 Å². The average Bonchev–Trinajstić information content (AvgIpc) is 3.17. The summed E-state index contributed by atoms with van der Waals surface area (Å²) in [6, 6.07) is 3.18. The summed E-state index contributed by atoms with van der Waals surface area (Å²) in [6.45, 7) is 1.10. The van der Waals surface area contributed by atoms with Crippen molar-refractivity contribution in [2.24, 2.45) is 4.99 Å². The number of hydrogen-bond acceptors (Lipinski definition) is 4. The Labute approximate surface area is 175 Å². The lowest BCUT2D eigenvalue weighted by Gasteiger charge is -2.37. The van der Waals surface area contributed by atoms with Crippen LogP contribution in [0, 0.1) is 30.2 Å². The van der Waals surface area contributed by atoms with E-state index in [4.69, 9.17) is 0 Å². The third-order valence-corrected chi connectivity index (χ3v) is 5.34. The highest BCUT2D eigenvalue weighted by atomic mass is 19.2. The van der Waals surface area contributed by atoms with Crippen LogP contribution in [0.2, 0.25) is 0 Å². The van der Waals surface area contributed by atoms with Crippen LogP contribution in [0.25, 0.3) is 0 Å². The fourth-order valence-electron chi connectivity index (χ4n) is 3.69. The summed E-state index contributed by atoms with van der Waals surface area (Å²) in [5.41, 5.74) is 1.09. The maximum absolute atomic E-state index is 13.9. The molecule has 1 unspecified atom stereocenters. The van der Waals surface area contributed by atoms with E-state index in [-0.39, 0.29) is 23.5 Å². The van der Waals surface area contributed by atoms with Gasteiger partial charge in [0.1, 0.15) is 11.6 Å². The first-order chi connectivity index (χ1) is 14.7. The molecule has 2 N–H and O–H groups in total. The lowest BCUT2D eigenvalue weighted by atomic mass is 10.0. The molecule has 0 aromatic heterocycles. The smallest absolute Gasteiger partial charge is 0.352 e. The first-order valence-corrected chi connectivity index (χ1v) is 9.38. The Morgan fingerprint density at radius 1 is 1.13 bits per heavy atom. The molecule has 2 amide bonds. The molecule has 2 aliphatic heterocycles. The molecule has 0 bridgehead atoms. The zero-order chi connectivity index (χ0) is 22.4. The van der Waals surface area contributed by atoms with Gasteiger partial charge in [-0.2, -0.15) is 4.99 Å². The number of amides is 2. The Morgan fingerprint density at radius 3 is 2.45 bits per heavy atom. The van der Waals surface area contributed by atoms with Crippen molar-refractivity contribution in [3.8, 4) is 0 Å². The van der Waals surface area contributed by atoms with Gasteiger partial charge in [-0.05, 0) is 54.8 Å².